The molecular weight excluding hydrogens is 385 g/mol. The Morgan fingerprint density at radius 2 is 1.86 bits per heavy atom. The zero-order chi connectivity index (χ0) is 21.0. The Labute approximate surface area is 165 Å². The van der Waals surface area contributed by atoms with Crippen LogP contribution in [0.1, 0.15) is 28.4 Å². The van der Waals surface area contributed by atoms with Gasteiger partial charge in [-0.1, -0.05) is 12.1 Å². The van der Waals surface area contributed by atoms with Gasteiger partial charge in [0.05, 0.1) is 30.4 Å². The Morgan fingerprint density at radius 3 is 2.48 bits per heavy atom. The third-order valence-corrected chi connectivity index (χ3v) is 4.38. The molecule has 1 heterocycles. The summed E-state index contributed by atoms with van der Waals surface area (Å²) in [6.45, 7) is 2.22. The van der Waals surface area contributed by atoms with Crippen LogP contribution in [0.3, 0.4) is 0 Å². The first-order chi connectivity index (χ1) is 13.8. The molecule has 0 bridgehead atoms. The highest BCUT2D eigenvalue weighted by molar-refractivity contribution is 6.03. The van der Waals surface area contributed by atoms with Crippen LogP contribution >= 0.6 is 0 Å². The first-order valence-corrected chi connectivity index (χ1v) is 8.93. The third-order valence-electron chi connectivity index (χ3n) is 4.38. The lowest BCUT2D eigenvalue weighted by molar-refractivity contribution is -0.345. The van der Waals surface area contributed by atoms with E-state index in [2.05, 4.69) is 10.3 Å². The highest BCUT2D eigenvalue weighted by Gasteiger charge is 2.32. The van der Waals surface area contributed by atoms with E-state index < -0.39 is 17.7 Å². The van der Waals surface area contributed by atoms with Crippen molar-refractivity contribution in [2.24, 2.45) is 0 Å². The summed E-state index contributed by atoms with van der Waals surface area (Å²) in [5, 5.41) is 3.62. The maximum Gasteiger partial charge on any atom is 0.416 e. The molecule has 2 N–H and O–H groups in total. The predicted molar refractivity (Wildman–Crippen MR) is 102 cm³/mol. The molecule has 152 valence electrons. The van der Waals surface area contributed by atoms with Gasteiger partial charge in [0.1, 0.15) is 11.3 Å². The van der Waals surface area contributed by atoms with Crippen LogP contribution in [-0.4, -0.2) is 19.7 Å². The number of esters is 1. The Morgan fingerprint density at radius 1 is 1.14 bits per heavy atom. The Hall–Kier alpha value is -3.29. The molecule has 0 spiro atoms. The molecule has 0 unspecified atom stereocenters. The molecule has 8 heteroatoms. The first-order valence-electron chi connectivity index (χ1n) is 8.93. The van der Waals surface area contributed by atoms with Gasteiger partial charge in [-0.2, -0.15) is 13.2 Å². The largest absolute Gasteiger partial charge is 0.497 e. The van der Waals surface area contributed by atoms with E-state index in [0.29, 0.717) is 23.4 Å². The van der Waals surface area contributed by atoms with Crippen LogP contribution in [0.2, 0.25) is 0 Å². The number of carbonyl (C=O) groups excluding carboxylic acids is 1. The van der Waals surface area contributed by atoms with Crippen molar-refractivity contribution in [2.75, 3.05) is 19.0 Å². The number of nitrogens with one attached hydrogen (secondary N) is 2. The Bertz CT molecular complexity index is 1020. The molecule has 0 saturated carbocycles. The number of fused-ring (bicyclic) bond motifs is 1. The van der Waals surface area contributed by atoms with Gasteiger partial charge in [0.15, 0.2) is 6.20 Å². The summed E-state index contributed by atoms with van der Waals surface area (Å²) in [6.07, 6.45) is -3.10. The summed E-state index contributed by atoms with van der Waals surface area (Å²) < 4.78 is 49.3. The van der Waals surface area contributed by atoms with Crippen LogP contribution in [0.5, 0.6) is 5.75 Å². The zero-order valence-corrected chi connectivity index (χ0v) is 15.9. The van der Waals surface area contributed by atoms with Gasteiger partial charge >= 0.3 is 12.1 Å². The maximum atomic E-state index is 13.0. The van der Waals surface area contributed by atoms with Gasteiger partial charge in [-0.25, -0.2) is 9.78 Å². The molecule has 5 nitrogen and oxygen atoms in total. The summed E-state index contributed by atoms with van der Waals surface area (Å²) >= 11 is 0. The molecule has 0 saturated heterocycles. The van der Waals surface area contributed by atoms with E-state index in [4.69, 9.17) is 9.47 Å². The first kappa shape index (κ1) is 20.4. The van der Waals surface area contributed by atoms with Gasteiger partial charge in [-0.15, -0.1) is 0 Å². The quantitative estimate of drug-likeness (QED) is 0.615. The van der Waals surface area contributed by atoms with Gasteiger partial charge in [-0.3, -0.25) is 0 Å². The number of benzene rings is 2. The van der Waals surface area contributed by atoms with E-state index in [0.717, 1.165) is 17.7 Å². The van der Waals surface area contributed by atoms with Crippen LogP contribution in [0, 0.1) is 0 Å². The van der Waals surface area contributed by atoms with Gasteiger partial charge in [-0.05, 0) is 36.8 Å². The lowest BCUT2D eigenvalue weighted by atomic mass is 10.1. The van der Waals surface area contributed by atoms with E-state index >= 15 is 0 Å². The number of hydrogen-bond acceptors (Lipinski definition) is 4. The summed E-state index contributed by atoms with van der Waals surface area (Å²) in [5.74, 6) is 0.142. The predicted octanol–water partition coefficient (Wildman–Crippen LogP) is 4.47. The van der Waals surface area contributed by atoms with Crippen molar-refractivity contribution in [3.05, 3.63) is 65.4 Å². The van der Waals surface area contributed by atoms with Crippen LogP contribution in [0.15, 0.2) is 48.7 Å². The van der Waals surface area contributed by atoms with E-state index in [9.17, 15) is 18.0 Å². The number of aromatic nitrogens is 1. The molecule has 0 fully saturated rings. The van der Waals surface area contributed by atoms with Crippen molar-refractivity contribution in [1.82, 2.24) is 0 Å². The molecule has 3 aromatic rings. The average Bonchev–Trinajstić information content (AvgIpc) is 2.71. The van der Waals surface area contributed by atoms with Crippen LogP contribution in [0.25, 0.3) is 10.9 Å². The number of alkyl halides is 3. The topological polar surface area (TPSA) is 61.7 Å². The van der Waals surface area contributed by atoms with Crippen molar-refractivity contribution in [2.45, 2.75) is 19.6 Å². The van der Waals surface area contributed by atoms with E-state index in [1.54, 1.807) is 26.2 Å². The fraction of sp³-hybridized carbons (Fsp3) is 0.238. The molecule has 0 atom stereocenters. The monoisotopic (exact) mass is 405 g/mol. The number of H-pyrrole nitrogens is 1. The molecule has 2 aromatic carbocycles. The number of hydrogen-bond donors (Lipinski definition) is 1. The minimum atomic E-state index is -4.46. The minimum absolute atomic E-state index is 0.182. The molecule has 29 heavy (non-hydrogen) atoms. The molecular formula is C21H20F3N2O3+. The van der Waals surface area contributed by atoms with Crippen LogP contribution in [-0.2, 0) is 17.5 Å². The van der Waals surface area contributed by atoms with Gasteiger partial charge in [0, 0.05) is 12.6 Å². The molecule has 1 aromatic heterocycles. The smallest absolute Gasteiger partial charge is 0.416 e. The molecule has 0 amide bonds. The van der Waals surface area contributed by atoms with Crippen LogP contribution in [0.4, 0.5) is 18.9 Å². The van der Waals surface area contributed by atoms with Crippen molar-refractivity contribution < 1.29 is 32.4 Å². The van der Waals surface area contributed by atoms with Gasteiger partial charge in [0.2, 0.25) is 5.52 Å². The standard InChI is InChI=1S/C21H19F3N2O3/c1-3-29-20(27)17-12-25-18-10-14(21(22,23)24)6-9-16(18)19(17)26-11-13-4-7-15(28-2)8-5-13/h4-10,12H,3,11H2,1-2H3,(H,25,26)/p+1. The highest BCUT2D eigenvalue weighted by Crippen LogP contribution is 2.33. The fourth-order valence-electron chi connectivity index (χ4n) is 2.92. The lowest BCUT2D eigenvalue weighted by Gasteiger charge is -2.13. The minimum Gasteiger partial charge on any atom is -0.497 e. The number of ether oxygens (including phenoxy) is 2. The van der Waals surface area contributed by atoms with E-state index in [1.807, 2.05) is 12.1 Å². The number of anilines is 1. The highest BCUT2D eigenvalue weighted by atomic mass is 19.4. The fourth-order valence-corrected chi connectivity index (χ4v) is 2.92. The second kappa shape index (κ2) is 8.38. The molecule has 3 rings (SSSR count). The average molecular weight is 405 g/mol. The zero-order valence-electron chi connectivity index (χ0n) is 15.9. The summed E-state index contributed by atoms with van der Waals surface area (Å²) in [7, 11) is 1.57. The summed E-state index contributed by atoms with van der Waals surface area (Å²) in [5.41, 5.74) is 1.01. The third kappa shape index (κ3) is 4.59. The number of rotatable bonds is 6. The Balaban J connectivity index is 2.01. The van der Waals surface area contributed by atoms with Crippen molar-refractivity contribution >= 4 is 22.6 Å². The Kier molecular flexibility index (Phi) is 5.91. The summed E-state index contributed by atoms with van der Waals surface area (Å²) in [6, 6.07) is 10.7. The van der Waals surface area contributed by atoms with E-state index in [-0.39, 0.29) is 17.7 Å². The van der Waals surface area contributed by atoms with E-state index in [1.165, 1.54) is 12.3 Å². The van der Waals surface area contributed by atoms with Crippen LogP contribution < -0.4 is 15.0 Å². The number of pyridine rings is 1. The second-order valence-corrected chi connectivity index (χ2v) is 6.26. The SMILES string of the molecule is CCOC(=O)c1c[nH+]c2cc(C(F)(F)F)ccc2c1NCc1ccc(OC)cc1. The van der Waals surface area contributed by atoms with Crippen molar-refractivity contribution in [3.8, 4) is 5.75 Å². The van der Waals surface area contributed by atoms with Crippen molar-refractivity contribution in [1.29, 1.82) is 0 Å². The molecule has 0 aliphatic heterocycles. The number of methoxy groups -OCH3 is 1. The summed E-state index contributed by atoms with van der Waals surface area (Å²) in [4.78, 5) is 15.1. The molecule has 0 aliphatic carbocycles. The number of halogens is 3. The van der Waals surface area contributed by atoms with Gasteiger partial charge < -0.3 is 14.8 Å². The van der Waals surface area contributed by atoms with Gasteiger partial charge in [0.25, 0.3) is 0 Å². The molecule has 0 radical (unpaired) electrons. The number of carbonyl (C=O) groups is 1. The number of aromatic amines is 1. The van der Waals surface area contributed by atoms with Crippen molar-refractivity contribution in [3.63, 3.8) is 0 Å². The second-order valence-electron chi connectivity index (χ2n) is 6.26. The lowest BCUT2D eigenvalue weighted by Crippen LogP contribution is -2.17. The molecule has 0 aliphatic rings. The normalized spacial score (nSPS) is 11.3. The maximum absolute atomic E-state index is 13.0.